The Morgan fingerprint density at radius 3 is 2.42 bits per heavy atom. The van der Waals surface area contributed by atoms with E-state index in [1.54, 1.807) is 55.5 Å². The highest BCUT2D eigenvalue weighted by Gasteiger charge is 2.26. The van der Waals surface area contributed by atoms with Gasteiger partial charge in [0.25, 0.3) is 11.8 Å². The SMILES string of the molecule is COc1ccc(C(=O)N2CCc3ccc(C(=O)NCc4ccccc4OC)cc32)cc1. The molecule has 1 aliphatic heterocycles. The van der Waals surface area contributed by atoms with Gasteiger partial charge in [-0.15, -0.1) is 0 Å². The molecule has 6 heteroatoms. The molecule has 31 heavy (non-hydrogen) atoms. The van der Waals surface area contributed by atoms with Crippen LogP contribution in [-0.4, -0.2) is 32.6 Å². The average molecular weight is 416 g/mol. The third kappa shape index (κ3) is 4.23. The van der Waals surface area contributed by atoms with Gasteiger partial charge in [-0.2, -0.15) is 0 Å². The summed E-state index contributed by atoms with van der Waals surface area (Å²) in [4.78, 5) is 27.5. The Hall–Kier alpha value is -3.80. The van der Waals surface area contributed by atoms with Crippen LogP contribution in [0.2, 0.25) is 0 Å². The summed E-state index contributed by atoms with van der Waals surface area (Å²) in [5.74, 6) is 1.14. The van der Waals surface area contributed by atoms with E-state index in [1.165, 1.54) is 0 Å². The van der Waals surface area contributed by atoms with Crippen LogP contribution < -0.4 is 19.7 Å². The van der Waals surface area contributed by atoms with Crippen molar-refractivity contribution in [1.29, 1.82) is 0 Å². The molecule has 4 rings (SSSR count). The molecule has 2 amide bonds. The first-order valence-electron chi connectivity index (χ1n) is 10.1. The maximum Gasteiger partial charge on any atom is 0.258 e. The van der Waals surface area contributed by atoms with Crippen LogP contribution >= 0.6 is 0 Å². The number of nitrogens with zero attached hydrogens (tertiary/aromatic N) is 1. The average Bonchev–Trinajstić information content (AvgIpc) is 3.25. The van der Waals surface area contributed by atoms with Crippen molar-refractivity contribution in [1.82, 2.24) is 5.32 Å². The van der Waals surface area contributed by atoms with Crippen LogP contribution in [0.4, 0.5) is 5.69 Å². The molecule has 1 aliphatic rings. The fraction of sp³-hybridized carbons (Fsp3) is 0.200. The molecular formula is C25H24N2O4. The van der Waals surface area contributed by atoms with Gasteiger partial charge < -0.3 is 19.7 Å². The Bertz CT molecular complexity index is 1110. The minimum atomic E-state index is -0.197. The lowest BCUT2D eigenvalue weighted by Gasteiger charge is -2.18. The van der Waals surface area contributed by atoms with Crippen molar-refractivity contribution >= 4 is 17.5 Å². The lowest BCUT2D eigenvalue weighted by atomic mass is 10.1. The molecule has 1 N–H and O–H groups in total. The summed E-state index contributed by atoms with van der Waals surface area (Å²) in [5, 5.41) is 2.93. The van der Waals surface area contributed by atoms with Gasteiger partial charge in [-0.3, -0.25) is 9.59 Å². The smallest absolute Gasteiger partial charge is 0.258 e. The molecule has 0 spiro atoms. The van der Waals surface area contributed by atoms with Crippen molar-refractivity contribution < 1.29 is 19.1 Å². The predicted molar refractivity (Wildman–Crippen MR) is 119 cm³/mol. The third-order valence-corrected chi connectivity index (χ3v) is 5.46. The Labute approximate surface area is 181 Å². The molecular weight excluding hydrogens is 392 g/mol. The number of nitrogens with one attached hydrogen (secondary N) is 1. The number of para-hydroxylation sites is 1. The monoisotopic (exact) mass is 416 g/mol. The standard InChI is InChI=1S/C25H24N2O4/c1-30-21-11-9-18(10-12-21)25(29)27-14-13-17-7-8-19(15-22(17)27)24(28)26-16-20-5-3-4-6-23(20)31-2/h3-12,15H,13-14,16H2,1-2H3,(H,26,28). The minimum Gasteiger partial charge on any atom is -0.497 e. The minimum absolute atomic E-state index is 0.0898. The first-order valence-corrected chi connectivity index (χ1v) is 10.1. The quantitative estimate of drug-likeness (QED) is 0.663. The van der Waals surface area contributed by atoms with E-state index in [1.807, 2.05) is 30.3 Å². The van der Waals surface area contributed by atoms with E-state index in [0.717, 1.165) is 29.0 Å². The number of fused-ring (bicyclic) bond motifs is 1. The van der Waals surface area contributed by atoms with E-state index in [0.29, 0.717) is 30.0 Å². The molecule has 0 aliphatic carbocycles. The molecule has 1 heterocycles. The number of benzene rings is 3. The molecule has 3 aromatic carbocycles. The number of amides is 2. The number of carbonyl (C=O) groups excluding carboxylic acids is 2. The Kier molecular flexibility index (Phi) is 5.89. The zero-order valence-electron chi connectivity index (χ0n) is 17.6. The van der Waals surface area contributed by atoms with Gasteiger partial charge in [0.2, 0.25) is 0 Å². The summed E-state index contributed by atoms with van der Waals surface area (Å²) in [6.07, 6.45) is 0.764. The van der Waals surface area contributed by atoms with Crippen molar-refractivity contribution in [3.8, 4) is 11.5 Å². The number of methoxy groups -OCH3 is 2. The lowest BCUT2D eigenvalue weighted by molar-refractivity contribution is 0.0948. The number of carbonyl (C=O) groups is 2. The highest BCUT2D eigenvalue weighted by Crippen LogP contribution is 2.31. The molecule has 0 saturated heterocycles. The van der Waals surface area contributed by atoms with Crippen LogP contribution in [-0.2, 0) is 13.0 Å². The first kappa shape index (κ1) is 20.5. The van der Waals surface area contributed by atoms with E-state index < -0.39 is 0 Å². The summed E-state index contributed by atoms with van der Waals surface area (Å²) >= 11 is 0. The van der Waals surface area contributed by atoms with Crippen molar-refractivity contribution in [2.45, 2.75) is 13.0 Å². The topological polar surface area (TPSA) is 67.9 Å². The van der Waals surface area contributed by atoms with Gasteiger partial charge in [0.15, 0.2) is 0 Å². The summed E-state index contributed by atoms with van der Waals surface area (Å²) in [6.45, 7) is 0.945. The molecule has 0 fully saturated rings. The van der Waals surface area contributed by atoms with Crippen molar-refractivity contribution in [3.05, 3.63) is 89.0 Å². The number of hydrogen-bond donors (Lipinski definition) is 1. The van der Waals surface area contributed by atoms with Crippen LogP contribution in [0.1, 0.15) is 31.8 Å². The number of rotatable bonds is 6. The van der Waals surface area contributed by atoms with Gasteiger partial charge >= 0.3 is 0 Å². The predicted octanol–water partition coefficient (Wildman–Crippen LogP) is 3.84. The van der Waals surface area contributed by atoms with Crippen LogP contribution in [0.5, 0.6) is 11.5 Å². The van der Waals surface area contributed by atoms with Crippen molar-refractivity contribution in [2.75, 3.05) is 25.7 Å². The lowest BCUT2D eigenvalue weighted by Crippen LogP contribution is -2.29. The Morgan fingerprint density at radius 2 is 1.68 bits per heavy atom. The molecule has 3 aromatic rings. The maximum absolute atomic E-state index is 13.0. The molecule has 0 radical (unpaired) electrons. The summed E-state index contributed by atoms with van der Waals surface area (Å²) in [5.41, 5.74) is 3.84. The molecule has 6 nitrogen and oxygen atoms in total. The van der Waals surface area contributed by atoms with Crippen LogP contribution in [0.15, 0.2) is 66.7 Å². The molecule has 0 bridgehead atoms. The first-order chi connectivity index (χ1) is 15.1. The Balaban J connectivity index is 1.50. The van der Waals surface area contributed by atoms with E-state index in [-0.39, 0.29) is 11.8 Å². The van der Waals surface area contributed by atoms with E-state index in [2.05, 4.69) is 5.32 Å². The molecule has 0 atom stereocenters. The second-order valence-electron chi connectivity index (χ2n) is 7.27. The number of ether oxygens (including phenoxy) is 2. The van der Waals surface area contributed by atoms with Gasteiger partial charge in [0.1, 0.15) is 11.5 Å². The largest absolute Gasteiger partial charge is 0.497 e. The zero-order valence-corrected chi connectivity index (χ0v) is 17.6. The van der Waals surface area contributed by atoms with Crippen molar-refractivity contribution in [2.24, 2.45) is 0 Å². The molecule has 158 valence electrons. The van der Waals surface area contributed by atoms with Crippen LogP contribution in [0.3, 0.4) is 0 Å². The zero-order chi connectivity index (χ0) is 21.8. The second-order valence-corrected chi connectivity index (χ2v) is 7.27. The van der Waals surface area contributed by atoms with Gasteiger partial charge in [-0.1, -0.05) is 24.3 Å². The summed E-state index contributed by atoms with van der Waals surface area (Å²) in [6, 6.07) is 20.1. The maximum atomic E-state index is 13.0. The second kappa shape index (κ2) is 8.92. The van der Waals surface area contributed by atoms with Gasteiger partial charge in [-0.05, 0) is 54.4 Å². The number of anilines is 1. The normalized spacial score (nSPS) is 12.3. The summed E-state index contributed by atoms with van der Waals surface area (Å²) < 4.78 is 10.5. The molecule has 0 aromatic heterocycles. The Morgan fingerprint density at radius 1 is 0.935 bits per heavy atom. The van der Waals surface area contributed by atoms with Crippen molar-refractivity contribution in [3.63, 3.8) is 0 Å². The highest BCUT2D eigenvalue weighted by molar-refractivity contribution is 6.08. The van der Waals surface area contributed by atoms with Crippen LogP contribution in [0.25, 0.3) is 0 Å². The van der Waals surface area contributed by atoms with E-state index in [4.69, 9.17) is 9.47 Å². The van der Waals surface area contributed by atoms with Gasteiger partial charge in [-0.25, -0.2) is 0 Å². The van der Waals surface area contributed by atoms with Gasteiger partial charge in [0.05, 0.1) is 14.2 Å². The van der Waals surface area contributed by atoms with Crippen LogP contribution in [0, 0.1) is 0 Å². The molecule has 0 saturated carbocycles. The van der Waals surface area contributed by atoms with E-state index in [9.17, 15) is 9.59 Å². The number of hydrogen-bond acceptors (Lipinski definition) is 4. The third-order valence-electron chi connectivity index (χ3n) is 5.46. The highest BCUT2D eigenvalue weighted by atomic mass is 16.5. The molecule has 0 unspecified atom stereocenters. The fourth-order valence-electron chi connectivity index (χ4n) is 3.75. The van der Waals surface area contributed by atoms with E-state index >= 15 is 0 Å². The summed E-state index contributed by atoms with van der Waals surface area (Å²) in [7, 11) is 3.20. The van der Waals surface area contributed by atoms with Gasteiger partial charge in [0, 0.05) is 35.5 Å². The fourth-order valence-corrected chi connectivity index (χ4v) is 3.75.